The van der Waals surface area contributed by atoms with E-state index in [1.165, 1.54) is 45.4 Å². The maximum absolute atomic E-state index is 10.6. The van der Waals surface area contributed by atoms with Gasteiger partial charge in [-0.1, -0.05) is 50.3 Å². The molecule has 0 radical (unpaired) electrons. The van der Waals surface area contributed by atoms with Crippen LogP contribution in [0.2, 0.25) is 0 Å². The summed E-state index contributed by atoms with van der Waals surface area (Å²) in [5, 5.41) is 19.3. The second-order valence-corrected chi connectivity index (χ2v) is 6.03. The zero-order valence-corrected chi connectivity index (χ0v) is 14.6. The summed E-state index contributed by atoms with van der Waals surface area (Å²) in [5.41, 5.74) is 0. The van der Waals surface area contributed by atoms with E-state index in [4.69, 9.17) is 0 Å². The van der Waals surface area contributed by atoms with Crippen molar-refractivity contribution in [2.45, 2.75) is 83.3 Å². The maximum atomic E-state index is 10.6. The Kier molecular flexibility index (Phi) is 15.0. The summed E-state index contributed by atoms with van der Waals surface area (Å²) in [6, 6.07) is 0. The molecule has 0 saturated heterocycles. The first kappa shape index (κ1) is 21.9. The molecule has 0 saturated carbocycles. The number of carbonyl (C=O) groups is 1. The number of unbranched alkanes of at least 4 members (excludes halogenated alkanes) is 8. The number of hydrogen-bond donors (Lipinski definition) is 2. The minimum absolute atomic E-state index is 0.0625. The standard InChI is InChI=1S/C19H34O4/c1-3-4-5-6-7-8-9-10-11-12-13-14-18(21)15-19(22)16-23-17(2)20/h3,13-14,18-19,21-22H,1,4-12,15-16H2,2H3/b14-13+/t18-,19-/m0/s1. The zero-order chi connectivity index (χ0) is 17.3. The number of allylic oxidation sites excluding steroid dienone is 2. The van der Waals surface area contributed by atoms with Crippen molar-refractivity contribution < 1.29 is 19.7 Å². The molecule has 0 fully saturated rings. The van der Waals surface area contributed by atoms with E-state index >= 15 is 0 Å². The average Bonchev–Trinajstić information content (AvgIpc) is 2.50. The van der Waals surface area contributed by atoms with Gasteiger partial charge in [-0.25, -0.2) is 0 Å². The van der Waals surface area contributed by atoms with E-state index in [1.54, 1.807) is 6.08 Å². The molecule has 23 heavy (non-hydrogen) atoms. The third-order valence-corrected chi connectivity index (χ3v) is 3.63. The Morgan fingerprint density at radius 3 is 2.17 bits per heavy atom. The van der Waals surface area contributed by atoms with Crippen LogP contribution in [0.3, 0.4) is 0 Å². The van der Waals surface area contributed by atoms with E-state index < -0.39 is 18.2 Å². The fraction of sp³-hybridized carbons (Fsp3) is 0.737. The lowest BCUT2D eigenvalue weighted by molar-refractivity contribution is -0.144. The largest absolute Gasteiger partial charge is 0.463 e. The van der Waals surface area contributed by atoms with Gasteiger partial charge in [-0.2, -0.15) is 0 Å². The Labute approximate surface area is 141 Å². The molecule has 0 heterocycles. The van der Waals surface area contributed by atoms with Crippen molar-refractivity contribution in [3.8, 4) is 0 Å². The van der Waals surface area contributed by atoms with E-state index in [-0.39, 0.29) is 13.0 Å². The highest BCUT2D eigenvalue weighted by atomic mass is 16.5. The van der Waals surface area contributed by atoms with Crippen molar-refractivity contribution >= 4 is 5.97 Å². The lowest BCUT2D eigenvalue weighted by Gasteiger charge is -2.12. The monoisotopic (exact) mass is 326 g/mol. The Morgan fingerprint density at radius 2 is 1.61 bits per heavy atom. The second kappa shape index (κ2) is 15.8. The molecule has 0 aliphatic rings. The zero-order valence-electron chi connectivity index (χ0n) is 14.6. The Hall–Kier alpha value is -1.13. The third kappa shape index (κ3) is 17.1. The summed E-state index contributed by atoms with van der Waals surface area (Å²) in [4.78, 5) is 10.6. The number of aliphatic hydroxyl groups excluding tert-OH is 2. The number of rotatable bonds is 15. The molecule has 0 bridgehead atoms. The molecule has 0 aliphatic carbocycles. The summed E-state index contributed by atoms with van der Waals surface area (Å²) < 4.78 is 4.69. The summed E-state index contributed by atoms with van der Waals surface area (Å²) in [7, 11) is 0. The quantitative estimate of drug-likeness (QED) is 0.272. The minimum Gasteiger partial charge on any atom is -0.463 e. The Bertz CT molecular complexity index is 325. The highest BCUT2D eigenvalue weighted by Gasteiger charge is 2.10. The van der Waals surface area contributed by atoms with Crippen molar-refractivity contribution in [3.63, 3.8) is 0 Å². The van der Waals surface area contributed by atoms with Crippen LogP contribution in [0.15, 0.2) is 24.8 Å². The molecule has 0 aromatic rings. The van der Waals surface area contributed by atoms with Gasteiger partial charge in [-0.3, -0.25) is 4.79 Å². The van der Waals surface area contributed by atoms with Crippen LogP contribution in [0, 0.1) is 0 Å². The molecule has 0 aliphatic heterocycles. The molecule has 2 N–H and O–H groups in total. The lowest BCUT2D eigenvalue weighted by atomic mass is 10.1. The minimum atomic E-state index is -0.820. The average molecular weight is 326 g/mol. The van der Waals surface area contributed by atoms with Crippen LogP contribution in [0.4, 0.5) is 0 Å². The molecule has 4 heteroatoms. The molecule has 0 aromatic heterocycles. The summed E-state index contributed by atoms with van der Waals surface area (Å²) >= 11 is 0. The number of hydrogen-bond acceptors (Lipinski definition) is 4. The van der Waals surface area contributed by atoms with Gasteiger partial charge >= 0.3 is 5.97 Å². The highest BCUT2D eigenvalue weighted by molar-refractivity contribution is 5.65. The summed E-state index contributed by atoms with van der Waals surface area (Å²) in [6.45, 7) is 4.96. The van der Waals surface area contributed by atoms with E-state index in [0.29, 0.717) is 0 Å². The van der Waals surface area contributed by atoms with Crippen molar-refractivity contribution in [2.75, 3.05) is 6.61 Å². The van der Waals surface area contributed by atoms with Crippen LogP contribution < -0.4 is 0 Å². The molecule has 0 unspecified atom stereocenters. The first-order chi connectivity index (χ1) is 11.1. The van der Waals surface area contributed by atoms with Gasteiger partial charge in [-0.05, 0) is 25.7 Å². The van der Waals surface area contributed by atoms with E-state index in [2.05, 4.69) is 11.3 Å². The van der Waals surface area contributed by atoms with Crippen molar-refractivity contribution in [1.29, 1.82) is 0 Å². The van der Waals surface area contributed by atoms with Crippen molar-refractivity contribution in [3.05, 3.63) is 24.8 Å². The molecule has 134 valence electrons. The predicted molar refractivity (Wildman–Crippen MR) is 94.2 cm³/mol. The van der Waals surface area contributed by atoms with Gasteiger partial charge in [0, 0.05) is 13.3 Å². The lowest BCUT2D eigenvalue weighted by Crippen LogP contribution is -2.22. The first-order valence-electron chi connectivity index (χ1n) is 8.83. The van der Waals surface area contributed by atoms with Gasteiger partial charge in [0.2, 0.25) is 0 Å². The number of aliphatic hydroxyl groups is 2. The van der Waals surface area contributed by atoms with Crippen LogP contribution in [0.5, 0.6) is 0 Å². The number of esters is 1. The first-order valence-corrected chi connectivity index (χ1v) is 8.83. The molecule has 0 rings (SSSR count). The molecule has 0 spiro atoms. The topological polar surface area (TPSA) is 66.8 Å². The normalized spacial score (nSPS) is 13.9. The fourth-order valence-corrected chi connectivity index (χ4v) is 2.33. The second-order valence-electron chi connectivity index (χ2n) is 6.03. The van der Waals surface area contributed by atoms with Gasteiger partial charge in [0.25, 0.3) is 0 Å². The summed E-state index contributed by atoms with van der Waals surface area (Å²) in [6.07, 6.45) is 15.2. The Balaban J connectivity index is 3.44. The van der Waals surface area contributed by atoms with Crippen LogP contribution in [-0.2, 0) is 9.53 Å². The molecular weight excluding hydrogens is 292 g/mol. The molecule has 4 nitrogen and oxygen atoms in total. The smallest absolute Gasteiger partial charge is 0.302 e. The SMILES string of the molecule is C=CCCCCCCCCC/C=C/[C@H](O)C[C@H](O)COC(C)=O. The highest BCUT2D eigenvalue weighted by Crippen LogP contribution is 2.10. The predicted octanol–water partition coefficient (Wildman–Crippen LogP) is 3.91. The fourth-order valence-electron chi connectivity index (χ4n) is 2.33. The van der Waals surface area contributed by atoms with Gasteiger partial charge in [-0.15, -0.1) is 6.58 Å². The van der Waals surface area contributed by atoms with Crippen LogP contribution in [0.1, 0.15) is 71.1 Å². The maximum Gasteiger partial charge on any atom is 0.302 e. The summed E-state index contributed by atoms with van der Waals surface area (Å²) in [5.74, 6) is -0.421. The van der Waals surface area contributed by atoms with Crippen LogP contribution in [0.25, 0.3) is 0 Å². The van der Waals surface area contributed by atoms with Crippen LogP contribution >= 0.6 is 0 Å². The Morgan fingerprint density at radius 1 is 1.04 bits per heavy atom. The molecule has 0 aromatic carbocycles. The third-order valence-electron chi connectivity index (χ3n) is 3.63. The van der Waals surface area contributed by atoms with E-state index in [1.807, 2.05) is 12.2 Å². The molecule has 2 atom stereocenters. The van der Waals surface area contributed by atoms with Gasteiger partial charge in [0.05, 0.1) is 12.2 Å². The molecule has 0 amide bonds. The van der Waals surface area contributed by atoms with Crippen molar-refractivity contribution in [2.24, 2.45) is 0 Å². The van der Waals surface area contributed by atoms with Gasteiger partial charge in [0.1, 0.15) is 6.61 Å². The van der Waals surface area contributed by atoms with E-state index in [0.717, 1.165) is 19.3 Å². The van der Waals surface area contributed by atoms with Crippen LogP contribution in [-0.4, -0.2) is 35.0 Å². The van der Waals surface area contributed by atoms with E-state index in [9.17, 15) is 15.0 Å². The van der Waals surface area contributed by atoms with Gasteiger partial charge in [0.15, 0.2) is 0 Å². The van der Waals surface area contributed by atoms with Gasteiger partial charge < -0.3 is 14.9 Å². The van der Waals surface area contributed by atoms with Crippen molar-refractivity contribution in [1.82, 2.24) is 0 Å². The molecular formula is C19H34O4. The number of ether oxygens (including phenoxy) is 1. The number of carbonyl (C=O) groups excluding carboxylic acids is 1.